The highest BCUT2D eigenvalue weighted by atomic mass is 16.7. The fraction of sp³-hybridized carbons (Fsp3) is 0.846. The van der Waals surface area contributed by atoms with Crippen LogP contribution in [-0.2, 0) is 19.1 Å². The van der Waals surface area contributed by atoms with Gasteiger partial charge in [-0.1, -0.05) is 27.2 Å². The molecule has 1 saturated heterocycles. The smallest absolute Gasteiger partial charge is 0.323 e. The van der Waals surface area contributed by atoms with Gasteiger partial charge in [0, 0.05) is 13.8 Å². The van der Waals surface area contributed by atoms with E-state index in [-0.39, 0.29) is 5.92 Å². The number of hydrogen-bond donors (Lipinski definition) is 0. The van der Waals surface area contributed by atoms with Crippen molar-refractivity contribution in [3.8, 4) is 0 Å². The van der Waals surface area contributed by atoms with Crippen LogP contribution >= 0.6 is 0 Å². The zero-order valence-electron chi connectivity index (χ0n) is 11.3. The summed E-state index contributed by atoms with van der Waals surface area (Å²) >= 11 is 0. The molecule has 0 unspecified atom stereocenters. The molecule has 0 radical (unpaired) electrons. The van der Waals surface area contributed by atoms with Crippen LogP contribution in [0.1, 0.15) is 47.5 Å². The van der Waals surface area contributed by atoms with Crippen molar-refractivity contribution >= 4 is 11.9 Å². The molecule has 1 aliphatic rings. The first kappa shape index (κ1) is 14.0. The SMILES string of the molecule is CC[C@H](CC(C)C)C1C(=O)OC(C)(C)OC1=O. The minimum Gasteiger partial charge on any atom is -0.422 e. The van der Waals surface area contributed by atoms with Crippen molar-refractivity contribution in [3.05, 3.63) is 0 Å². The van der Waals surface area contributed by atoms with Crippen LogP contribution < -0.4 is 0 Å². The number of cyclic esters (lactones) is 2. The van der Waals surface area contributed by atoms with E-state index < -0.39 is 23.6 Å². The molecule has 0 aliphatic carbocycles. The molecule has 0 bridgehead atoms. The zero-order valence-corrected chi connectivity index (χ0v) is 11.3. The number of carbonyl (C=O) groups is 2. The minimum absolute atomic E-state index is 0.00565. The van der Waals surface area contributed by atoms with Crippen molar-refractivity contribution in [2.24, 2.45) is 17.8 Å². The standard InChI is InChI=1S/C13H22O4/c1-6-9(7-8(2)3)10-11(14)16-13(4,5)17-12(10)15/h8-10H,6-7H2,1-5H3/t9-/m1/s1. The van der Waals surface area contributed by atoms with Gasteiger partial charge < -0.3 is 9.47 Å². The Kier molecular flexibility index (Phi) is 4.17. The zero-order chi connectivity index (χ0) is 13.2. The first-order valence-electron chi connectivity index (χ1n) is 6.22. The molecule has 1 fully saturated rings. The molecule has 4 nitrogen and oxygen atoms in total. The van der Waals surface area contributed by atoms with Gasteiger partial charge in [-0.25, -0.2) is 0 Å². The number of hydrogen-bond acceptors (Lipinski definition) is 4. The molecule has 0 N–H and O–H groups in total. The average Bonchev–Trinajstić information content (AvgIpc) is 2.12. The van der Waals surface area contributed by atoms with Crippen LogP contribution in [0.15, 0.2) is 0 Å². The van der Waals surface area contributed by atoms with E-state index in [1.54, 1.807) is 13.8 Å². The lowest BCUT2D eigenvalue weighted by Gasteiger charge is -2.36. The summed E-state index contributed by atoms with van der Waals surface area (Å²) in [6, 6.07) is 0. The topological polar surface area (TPSA) is 52.6 Å². The Morgan fingerprint density at radius 3 is 2.00 bits per heavy atom. The lowest BCUT2D eigenvalue weighted by atomic mass is 9.83. The molecule has 1 aliphatic heterocycles. The van der Waals surface area contributed by atoms with Crippen LogP contribution in [0.25, 0.3) is 0 Å². The maximum atomic E-state index is 11.9. The minimum atomic E-state index is -1.12. The number of ether oxygens (including phenoxy) is 2. The van der Waals surface area contributed by atoms with E-state index in [0.717, 1.165) is 12.8 Å². The number of carbonyl (C=O) groups excluding carboxylic acids is 2. The fourth-order valence-electron chi connectivity index (χ4n) is 2.26. The Morgan fingerprint density at radius 2 is 1.65 bits per heavy atom. The Hall–Kier alpha value is -1.06. The van der Waals surface area contributed by atoms with Gasteiger partial charge >= 0.3 is 11.9 Å². The predicted octanol–water partition coefficient (Wildman–Crippen LogP) is 2.51. The summed E-state index contributed by atoms with van der Waals surface area (Å²) in [4.78, 5) is 23.8. The molecule has 1 atom stereocenters. The van der Waals surface area contributed by atoms with Crippen LogP contribution in [0.5, 0.6) is 0 Å². The molecule has 1 rings (SSSR count). The third-order valence-corrected chi connectivity index (χ3v) is 2.97. The van der Waals surface area contributed by atoms with Crippen molar-refractivity contribution < 1.29 is 19.1 Å². The summed E-state index contributed by atoms with van der Waals surface area (Å²) in [5, 5.41) is 0. The Bertz CT molecular complexity index is 287. The van der Waals surface area contributed by atoms with E-state index in [0.29, 0.717) is 5.92 Å². The molecule has 0 saturated carbocycles. The van der Waals surface area contributed by atoms with Crippen molar-refractivity contribution in [1.82, 2.24) is 0 Å². The molecule has 98 valence electrons. The maximum Gasteiger partial charge on any atom is 0.323 e. The number of rotatable bonds is 4. The monoisotopic (exact) mass is 242 g/mol. The van der Waals surface area contributed by atoms with Crippen LogP contribution in [0.4, 0.5) is 0 Å². The number of esters is 2. The highest BCUT2D eigenvalue weighted by Crippen LogP contribution is 2.32. The van der Waals surface area contributed by atoms with E-state index in [1.807, 2.05) is 6.92 Å². The molecular weight excluding hydrogens is 220 g/mol. The normalized spacial score (nSPS) is 22.2. The summed E-state index contributed by atoms with van der Waals surface area (Å²) in [6.45, 7) is 9.27. The van der Waals surface area contributed by atoms with Gasteiger partial charge in [-0.05, 0) is 18.3 Å². The van der Waals surface area contributed by atoms with Crippen molar-refractivity contribution in [2.75, 3.05) is 0 Å². The Balaban J connectivity index is 2.82. The van der Waals surface area contributed by atoms with E-state index in [9.17, 15) is 9.59 Å². The van der Waals surface area contributed by atoms with Crippen LogP contribution in [0.3, 0.4) is 0 Å². The lowest BCUT2D eigenvalue weighted by Crippen LogP contribution is -2.48. The van der Waals surface area contributed by atoms with Gasteiger partial charge in [0.25, 0.3) is 5.79 Å². The molecule has 0 spiro atoms. The van der Waals surface area contributed by atoms with E-state index in [4.69, 9.17) is 9.47 Å². The van der Waals surface area contributed by atoms with Gasteiger partial charge in [-0.3, -0.25) is 9.59 Å². The average molecular weight is 242 g/mol. The maximum absolute atomic E-state index is 11.9. The van der Waals surface area contributed by atoms with Crippen LogP contribution in [0, 0.1) is 17.8 Å². The first-order chi connectivity index (χ1) is 7.76. The highest BCUT2D eigenvalue weighted by Gasteiger charge is 2.46. The van der Waals surface area contributed by atoms with Gasteiger partial charge in [0.15, 0.2) is 5.92 Å². The molecule has 0 aromatic carbocycles. The van der Waals surface area contributed by atoms with Crippen molar-refractivity contribution in [2.45, 2.75) is 53.2 Å². The van der Waals surface area contributed by atoms with Gasteiger partial charge in [0.1, 0.15) is 0 Å². The van der Waals surface area contributed by atoms with Crippen molar-refractivity contribution in [1.29, 1.82) is 0 Å². The second-order valence-corrected chi connectivity index (χ2v) is 5.52. The van der Waals surface area contributed by atoms with Gasteiger partial charge in [0.05, 0.1) is 0 Å². The molecule has 0 amide bonds. The van der Waals surface area contributed by atoms with Gasteiger partial charge in [0.2, 0.25) is 0 Å². The van der Waals surface area contributed by atoms with E-state index in [2.05, 4.69) is 13.8 Å². The van der Waals surface area contributed by atoms with E-state index >= 15 is 0 Å². The first-order valence-corrected chi connectivity index (χ1v) is 6.22. The third-order valence-electron chi connectivity index (χ3n) is 2.97. The molecule has 4 heteroatoms. The van der Waals surface area contributed by atoms with Gasteiger partial charge in [-0.2, -0.15) is 0 Å². The summed E-state index contributed by atoms with van der Waals surface area (Å²) in [5.41, 5.74) is 0. The van der Waals surface area contributed by atoms with Crippen LogP contribution in [-0.4, -0.2) is 17.7 Å². The molecule has 0 aromatic rings. The Labute approximate surface area is 103 Å². The second-order valence-electron chi connectivity index (χ2n) is 5.52. The van der Waals surface area contributed by atoms with Crippen molar-refractivity contribution in [3.63, 3.8) is 0 Å². The summed E-state index contributed by atoms with van der Waals surface area (Å²) in [7, 11) is 0. The quantitative estimate of drug-likeness (QED) is 0.561. The molecule has 1 heterocycles. The molecule has 17 heavy (non-hydrogen) atoms. The fourth-order valence-corrected chi connectivity index (χ4v) is 2.26. The lowest BCUT2D eigenvalue weighted by molar-refractivity contribution is -0.243. The summed E-state index contributed by atoms with van der Waals surface area (Å²) in [6.07, 6.45) is 1.60. The third kappa shape index (κ3) is 3.45. The molecular formula is C13H22O4. The molecule has 0 aromatic heterocycles. The van der Waals surface area contributed by atoms with Gasteiger partial charge in [-0.15, -0.1) is 0 Å². The largest absolute Gasteiger partial charge is 0.422 e. The predicted molar refractivity (Wildman–Crippen MR) is 63.0 cm³/mol. The second kappa shape index (κ2) is 5.07. The summed E-state index contributed by atoms with van der Waals surface area (Å²) < 4.78 is 10.3. The highest BCUT2D eigenvalue weighted by molar-refractivity contribution is 5.97. The van der Waals surface area contributed by atoms with E-state index in [1.165, 1.54) is 0 Å². The summed E-state index contributed by atoms with van der Waals surface area (Å²) in [5.74, 6) is -2.32. The Morgan fingerprint density at radius 1 is 1.18 bits per heavy atom. The van der Waals surface area contributed by atoms with Crippen LogP contribution in [0.2, 0.25) is 0 Å².